The molecule has 0 bridgehead atoms. The Bertz CT molecular complexity index is 1670. The number of carbonyl (C=O) groups excluding carboxylic acids is 1. The van der Waals surface area contributed by atoms with Gasteiger partial charge < -0.3 is 15.8 Å². The molecule has 2 aromatic carbocycles. The van der Waals surface area contributed by atoms with Crippen molar-refractivity contribution < 1.29 is 9.53 Å². The number of fused-ring (bicyclic) bond motifs is 1. The van der Waals surface area contributed by atoms with Crippen LogP contribution in [-0.4, -0.2) is 38.3 Å². The van der Waals surface area contributed by atoms with Gasteiger partial charge >= 0.3 is 0 Å². The van der Waals surface area contributed by atoms with Crippen molar-refractivity contribution in [2.45, 2.75) is 18.8 Å². The van der Waals surface area contributed by atoms with Gasteiger partial charge in [0.15, 0.2) is 5.82 Å². The topological polar surface area (TPSA) is 117 Å². The molecule has 5 aromatic rings. The third-order valence-electron chi connectivity index (χ3n) is 6.93. The fraction of sp³-hybridized carbons (Fsp3) is 0.172. The number of pyridine rings is 1. The van der Waals surface area contributed by atoms with Gasteiger partial charge in [0.1, 0.15) is 17.4 Å². The van der Waals surface area contributed by atoms with Gasteiger partial charge in [-0.05, 0) is 60.9 Å². The van der Waals surface area contributed by atoms with Crippen molar-refractivity contribution >= 4 is 22.9 Å². The Kier molecular flexibility index (Phi) is 6.19. The molecule has 0 saturated carbocycles. The van der Waals surface area contributed by atoms with E-state index in [4.69, 9.17) is 10.5 Å². The lowest BCUT2D eigenvalue weighted by Gasteiger charge is -2.21. The number of hydrogen-bond acceptors (Lipinski definition) is 6. The first-order valence-corrected chi connectivity index (χ1v) is 12.5. The molecule has 1 saturated heterocycles. The van der Waals surface area contributed by atoms with E-state index in [2.05, 4.69) is 21.5 Å². The summed E-state index contributed by atoms with van der Waals surface area (Å²) in [5, 5.41) is 7.33. The lowest BCUT2D eigenvalue weighted by Crippen LogP contribution is -2.27. The number of hydrogen-bond donors (Lipinski definition) is 2. The Hall–Kier alpha value is -4.76. The number of anilines is 2. The molecule has 0 atom stereocenters. The molecule has 1 fully saturated rings. The molecule has 1 aliphatic rings. The molecule has 1 amide bonds. The van der Waals surface area contributed by atoms with E-state index in [1.54, 1.807) is 12.3 Å². The molecule has 0 radical (unpaired) electrons. The molecule has 3 N–H and O–H groups in total. The average molecular weight is 507 g/mol. The molecule has 190 valence electrons. The Balaban J connectivity index is 1.28. The number of benzene rings is 2. The van der Waals surface area contributed by atoms with Crippen molar-refractivity contribution in [3.05, 3.63) is 107 Å². The zero-order valence-electron chi connectivity index (χ0n) is 20.6. The fourth-order valence-electron chi connectivity index (χ4n) is 4.99. The van der Waals surface area contributed by atoms with E-state index in [0.29, 0.717) is 23.1 Å². The summed E-state index contributed by atoms with van der Waals surface area (Å²) in [5.74, 6) is 0.259. The highest BCUT2D eigenvalue weighted by Gasteiger charge is 2.23. The first-order chi connectivity index (χ1) is 18.6. The molecular weight excluding hydrogens is 480 g/mol. The summed E-state index contributed by atoms with van der Waals surface area (Å²) in [5.41, 5.74) is 10.9. The maximum absolute atomic E-state index is 13.0. The maximum atomic E-state index is 13.0. The number of nitrogens with two attached hydrogens (primary N) is 1. The third-order valence-corrected chi connectivity index (χ3v) is 6.93. The number of aromatic nitrogens is 4. The van der Waals surface area contributed by atoms with Gasteiger partial charge in [-0.25, -0.2) is 9.50 Å². The van der Waals surface area contributed by atoms with Crippen LogP contribution in [0.25, 0.3) is 22.3 Å². The number of carbonyl (C=O) groups is 1. The minimum absolute atomic E-state index is 0.0601. The van der Waals surface area contributed by atoms with Crippen molar-refractivity contribution in [1.82, 2.24) is 19.2 Å². The highest BCUT2D eigenvalue weighted by Crippen LogP contribution is 2.36. The number of amides is 1. The summed E-state index contributed by atoms with van der Waals surface area (Å²) in [6, 6.07) is 22.0. The largest absolute Gasteiger partial charge is 0.382 e. The summed E-state index contributed by atoms with van der Waals surface area (Å²) >= 11 is 0. The fourth-order valence-corrected chi connectivity index (χ4v) is 4.99. The van der Waals surface area contributed by atoms with Gasteiger partial charge in [-0.2, -0.15) is 5.10 Å². The lowest BCUT2D eigenvalue weighted by molar-refractivity contribution is 0.0841. The Morgan fingerprint density at radius 3 is 2.53 bits per heavy atom. The monoisotopic (exact) mass is 506 g/mol. The number of rotatable bonds is 5. The van der Waals surface area contributed by atoms with Crippen LogP contribution in [0.15, 0.2) is 90.1 Å². The van der Waals surface area contributed by atoms with Crippen LogP contribution in [0.1, 0.15) is 34.8 Å². The Morgan fingerprint density at radius 1 is 1.00 bits per heavy atom. The molecule has 0 unspecified atom stereocenters. The Morgan fingerprint density at radius 2 is 1.76 bits per heavy atom. The second-order valence-electron chi connectivity index (χ2n) is 9.24. The number of nitrogen functional groups attached to an aromatic ring is 1. The predicted octanol–water partition coefficient (Wildman–Crippen LogP) is 4.28. The first kappa shape index (κ1) is 23.6. The lowest BCUT2D eigenvalue weighted by atomic mass is 9.96. The van der Waals surface area contributed by atoms with Crippen molar-refractivity contribution in [2.75, 3.05) is 24.3 Å². The van der Waals surface area contributed by atoms with Gasteiger partial charge in [-0.15, -0.1) is 0 Å². The van der Waals surface area contributed by atoms with Crippen LogP contribution < -0.4 is 16.6 Å². The number of ether oxygens (including phenoxy) is 1. The SMILES string of the molecule is Nc1ncnn2c(C3CCOCC3)cc(-c3ccc(NC(=O)c4cccn(-c5ccccc5)c4=O)cc3)c12. The smallest absolute Gasteiger partial charge is 0.267 e. The van der Waals surface area contributed by atoms with Gasteiger partial charge in [-0.3, -0.25) is 14.2 Å². The molecule has 0 spiro atoms. The second kappa shape index (κ2) is 9.95. The van der Waals surface area contributed by atoms with E-state index in [1.165, 1.54) is 17.0 Å². The van der Waals surface area contributed by atoms with Crippen LogP contribution in [0, 0.1) is 0 Å². The summed E-state index contributed by atoms with van der Waals surface area (Å²) in [4.78, 5) is 30.2. The van der Waals surface area contributed by atoms with Crippen LogP contribution in [0.5, 0.6) is 0 Å². The van der Waals surface area contributed by atoms with Crippen molar-refractivity contribution in [2.24, 2.45) is 0 Å². The highest BCUT2D eigenvalue weighted by atomic mass is 16.5. The molecule has 9 heteroatoms. The zero-order valence-corrected chi connectivity index (χ0v) is 20.6. The quantitative estimate of drug-likeness (QED) is 0.368. The molecule has 38 heavy (non-hydrogen) atoms. The van der Waals surface area contributed by atoms with Crippen LogP contribution in [0.3, 0.4) is 0 Å². The second-order valence-corrected chi connectivity index (χ2v) is 9.24. The van der Waals surface area contributed by atoms with Gasteiger partial charge in [0, 0.05) is 48.0 Å². The molecule has 9 nitrogen and oxygen atoms in total. The molecule has 3 aromatic heterocycles. The van der Waals surface area contributed by atoms with E-state index in [0.717, 1.165) is 48.4 Å². The van der Waals surface area contributed by atoms with Crippen LogP contribution >= 0.6 is 0 Å². The van der Waals surface area contributed by atoms with Gasteiger partial charge in [0.2, 0.25) is 0 Å². The van der Waals surface area contributed by atoms with Crippen molar-refractivity contribution in [3.8, 4) is 16.8 Å². The molecule has 4 heterocycles. The Labute approximate surface area is 218 Å². The summed E-state index contributed by atoms with van der Waals surface area (Å²) in [6.07, 6.45) is 4.97. The van der Waals surface area contributed by atoms with E-state index >= 15 is 0 Å². The molecule has 6 rings (SSSR count). The van der Waals surface area contributed by atoms with Crippen molar-refractivity contribution in [1.29, 1.82) is 0 Å². The van der Waals surface area contributed by atoms with Crippen LogP contribution in [0.4, 0.5) is 11.5 Å². The van der Waals surface area contributed by atoms with E-state index in [9.17, 15) is 9.59 Å². The van der Waals surface area contributed by atoms with Crippen LogP contribution in [-0.2, 0) is 4.74 Å². The molecule has 0 aliphatic carbocycles. The van der Waals surface area contributed by atoms with E-state index < -0.39 is 5.91 Å². The predicted molar refractivity (Wildman–Crippen MR) is 146 cm³/mol. The zero-order chi connectivity index (χ0) is 26.1. The van der Waals surface area contributed by atoms with E-state index in [1.807, 2.05) is 59.1 Å². The average Bonchev–Trinajstić information content (AvgIpc) is 3.35. The van der Waals surface area contributed by atoms with Gasteiger partial charge in [0.25, 0.3) is 11.5 Å². The summed E-state index contributed by atoms with van der Waals surface area (Å²) in [6.45, 7) is 1.44. The highest BCUT2D eigenvalue weighted by molar-refractivity contribution is 6.04. The molecular formula is C29H26N6O3. The first-order valence-electron chi connectivity index (χ1n) is 12.5. The minimum atomic E-state index is -0.471. The normalized spacial score (nSPS) is 14.0. The van der Waals surface area contributed by atoms with Crippen molar-refractivity contribution in [3.63, 3.8) is 0 Å². The number of para-hydroxylation sites is 1. The number of nitrogens with one attached hydrogen (secondary N) is 1. The summed E-state index contributed by atoms with van der Waals surface area (Å²) in [7, 11) is 0. The van der Waals surface area contributed by atoms with Gasteiger partial charge in [0.05, 0.1) is 0 Å². The van der Waals surface area contributed by atoms with Crippen LogP contribution in [0.2, 0.25) is 0 Å². The van der Waals surface area contributed by atoms with Gasteiger partial charge in [-0.1, -0.05) is 30.3 Å². The minimum Gasteiger partial charge on any atom is -0.382 e. The maximum Gasteiger partial charge on any atom is 0.267 e. The van der Waals surface area contributed by atoms with E-state index in [-0.39, 0.29) is 11.1 Å². The molecule has 1 aliphatic heterocycles. The third kappa shape index (κ3) is 4.33. The standard InChI is InChI=1S/C29H26N6O3/c30-27-26-24(17-25(35(26)32-18-31-27)20-12-15-38-16-13-20)19-8-10-21(11-9-19)33-28(36)23-7-4-14-34(29(23)37)22-5-2-1-3-6-22/h1-11,14,17-18,20H,12-13,15-16H2,(H,33,36)(H2,30,31,32). The number of nitrogens with zero attached hydrogens (tertiary/aromatic N) is 4. The summed E-state index contributed by atoms with van der Waals surface area (Å²) < 4.78 is 8.88.